The molecule has 2 aliphatic rings. The molecular formula is C23H23ClF3N3O4. The molecule has 0 bridgehead atoms. The molecule has 2 heterocycles. The predicted octanol–water partition coefficient (Wildman–Crippen LogP) is 4.58. The Morgan fingerprint density at radius 3 is 2.59 bits per heavy atom. The number of alkyl halides is 3. The van der Waals surface area contributed by atoms with Crippen molar-refractivity contribution < 1.29 is 32.2 Å². The topological polar surface area (TPSA) is 72.0 Å². The molecular weight excluding hydrogens is 475 g/mol. The number of halogens is 4. The number of aryl methyl sites for hydroxylation is 1. The van der Waals surface area contributed by atoms with E-state index in [0.29, 0.717) is 23.7 Å². The van der Waals surface area contributed by atoms with E-state index in [1.807, 2.05) is 11.8 Å². The van der Waals surface area contributed by atoms with Crippen molar-refractivity contribution in [1.29, 1.82) is 0 Å². The Morgan fingerprint density at radius 1 is 1.15 bits per heavy atom. The third kappa shape index (κ3) is 5.79. The first-order valence-corrected chi connectivity index (χ1v) is 11.2. The van der Waals surface area contributed by atoms with Gasteiger partial charge in [0.05, 0.1) is 6.54 Å². The number of carbonyl (C=O) groups excluding carboxylic acids is 2. The van der Waals surface area contributed by atoms with Crippen LogP contribution in [-0.2, 0) is 9.53 Å². The first kappa shape index (κ1) is 24.3. The molecule has 1 aromatic heterocycles. The van der Waals surface area contributed by atoms with Crippen LogP contribution in [0.3, 0.4) is 0 Å². The molecule has 2 aromatic rings. The number of ether oxygens (including phenoxy) is 2. The SMILES string of the molecule is Cc1cc(Oc2cccc(C(=O)N3CCCN(C4CC4)CC3OC(=O)C(F)(F)F)n2)ccc1Cl. The molecule has 34 heavy (non-hydrogen) atoms. The summed E-state index contributed by atoms with van der Waals surface area (Å²) in [7, 11) is 0. The van der Waals surface area contributed by atoms with Crippen molar-refractivity contribution in [3.05, 3.63) is 52.7 Å². The van der Waals surface area contributed by atoms with Crippen LogP contribution in [0.4, 0.5) is 13.2 Å². The van der Waals surface area contributed by atoms with Gasteiger partial charge in [-0.3, -0.25) is 9.69 Å². The minimum atomic E-state index is -5.16. The lowest BCUT2D eigenvalue weighted by Gasteiger charge is -2.31. The highest BCUT2D eigenvalue weighted by Gasteiger charge is 2.45. The quantitative estimate of drug-likeness (QED) is 0.563. The van der Waals surface area contributed by atoms with Crippen molar-refractivity contribution in [1.82, 2.24) is 14.8 Å². The van der Waals surface area contributed by atoms with Gasteiger partial charge in [-0.1, -0.05) is 17.7 Å². The van der Waals surface area contributed by atoms with Crippen LogP contribution in [0.2, 0.25) is 5.02 Å². The number of carbonyl (C=O) groups is 2. The van der Waals surface area contributed by atoms with E-state index < -0.39 is 24.3 Å². The van der Waals surface area contributed by atoms with Gasteiger partial charge in [0, 0.05) is 30.2 Å². The Balaban J connectivity index is 1.55. The summed E-state index contributed by atoms with van der Waals surface area (Å²) in [6.45, 7) is 2.55. The largest absolute Gasteiger partial charge is 0.491 e. The standard InChI is InChI=1S/C23H23ClF3N3O4/c1-14-12-16(8-9-17(14)24)33-19-5-2-4-18(28-19)21(31)30-11-3-10-29(15-6-7-15)13-20(30)34-22(32)23(25,26)27/h2,4-5,8-9,12,15,20H,3,6-7,10-11,13H2,1H3. The summed E-state index contributed by atoms with van der Waals surface area (Å²) < 4.78 is 49.2. The Kier molecular flexibility index (Phi) is 6.99. The van der Waals surface area contributed by atoms with Crippen LogP contribution >= 0.6 is 11.6 Å². The maximum absolute atomic E-state index is 13.3. The molecule has 1 aliphatic heterocycles. The van der Waals surface area contributed by atoms with Crippen molar-refractivity contribution in [2.24, 2.45) is 0 Å². The molecule has 1 unspecified atom stereocenters. The molecule has 0 radical (unpaired) electrons. The van der Waals surface area contributed by atoms with Crippen LogP contribution in [0, 0.1) is 6.92 Å². The van der Waals surface area contributed by atoms with E-state index in [1.54, 1.807) is 30.3 Å². The lowest BCUT2D eigenvalue weighted by molar-refractivity contribution is -0.211. The molecule has 1 saturated heterocycles. The summed E-state index contributed by atoms with van der Waals surface area (Å²) in [5, 5.41) is 0.574. The third-order valence-corrected chi connectivity index (χ3v) is 6.10. The second-order valence-electron chi connectivity index (χ2n) is 8.31. The fourth-order valence-electron chi connectivity index (χ4n) is 3.81. The molecule has 11 heteroatoms. The highest BCUT2D eigenvalue weighted by atomic mass is 35.5. The second kappa shape index (κ2) is 9.79. The van der Waals surface area contributed by atoms with E-state index in [2.05, 4.69) is 4.98 Å². The van der Waals surface area contributed by atoms with Gasteiger partial charge in [-0.25, -0.2) is 9.78 Å². The highest BCUT2D eigenvalue weighted by Crippen LogP contribution is 2.30. The number of aromatic nitrogens is 1. The van der Waals surface area contributed by atoms with E-state index in [-0.39, 0.29) is 30.7 Å². The van der Waals surface area contributed by atoms with Crippen molar-refractivity contribution in [2.45, 2.75) is 44.6 Å². The first-order valence-electron chi connectivity index (χ1n) is 10.9. The molecule has 7 nitrogen and oxygen atoms in total. The van der Waals surface area contributed by atoms with Gasteiger partial charge in [0.1, 0.15) is 11.4 Å². The zero-order chi connectivity index (χ0) is 24.5. The molecule has 182 valence electrons. The van der Waals surface area contributed by atoms with Crippen LogP contribution < -0.4 is 4.74 Å². The van der Waals surface area contributed by atoms with E-state index in [9.17, 15) is 22.8 Å². The number of nitrogens with zero attached hydrogens (tertiary/aromatic N) is 3. The van der Waals surface area contributed by atoms with Crippen LogP contribution in [0.25, 0.3) is 0 Å². The van der Waals surface area contributed by atoms with E-state index in [0.717, 1.165) is 23.3 Å². The predicted molar refractivity (Wildman–Crippen MR) is 117 cm³/mol. The van der Waals surface area contributed by atoms with Gasteiger partial charge < -0.3 is 14.4 Å². The molecule has 1 saturated carbocycles. The second-order valence-corrected chi connectivity index (χ2v) is 8.72. The average Bonchev–Trinajstić information content (AvgIpc) is 3.63. The van der Waals surface area contributed by atoms with E-state index >= 15 is 0 Å². The van der Waals surface area contributed by atoms with Gasteiger partial charge in [0.25, 0.3) is 5.91 Å². The van der Waals surface area contributed by atoms with Crippen LogP contribution in [0.15, 0.2) is 36.4 Å². The molecule has 1 aromatic carbocycles. The lowest BCUT2D eigenvalue weighted by atomic mass is 10.2. The minimum absolute atomic E-state index is 0.0124. The van der Waals surface area contributed by atoms with Crippen LogP contribution in [0.5, 0.6) is 11.6 Å². The number of rotatable bonds is 5. The zero-order valence-corrected chi connectivity index (χ0v) is 19.1. The van der Waals surface area contributed by atoms with Crippen molar-refractivity contribution in [2.75, 3.05) is 19.6 Å². The minimum Gasteiger partial charge on any atom is -0.439 e. The Bertz CT molecular complexity index is 1080. The Morgan fingerprint density at radius 2 is 1.91 bits per heavy atom. The molecule has 1 aliphatic carbocycles. The molecule has 1 amide bonds. The van der Waals surface area contributed by atoms with E-state index in [1.165, 1.54) is 6.07 Å². The summed E-state index contributed by atoms with van der Waals surface area (Å²) in [6.07, 6.45) is -4.15. The van der Waals surface area contributed by atoms with Crippen LogP contribution in [-0.4, -0.2) is 64.7 Å². The summed E-state index contributed by atoms with van der Waals surface area (Å²) in [5.41, 5.74) is 0.765. The first-order chi connectivity index (χ1) is 16.1. The summed E-state index contributed by atoms with van der Waals surface area (Å²) in [6, 6.07) is 9.83. The maximum Gasteiger partial charge on any atom is 0.491 e. The number of hydrogen-bond donors (Lipinski definition) is 0. The third-order valence-electron chi connectivity index (χ3n) is 5.68. The molecule has 0 spiro atoms. The molecule has 0 N–H and O–H groups in total. The number of amides is 1. The zero-order valence-electron chi connectivity index (χ0n) is 18.3. The van der Waals surface area contributed by atoms with Gasteiger partial charge >= 0.3 is 12.1 Å². The van der Waals surface area contributed by atoms with Gasteiger partial charge in [-0.05, 0) is 56.0 Å². The monoisotopic (exact) mass is 497 g/mol. The number of pyridine rings is 1. The number of hydrogen-bond acceptors (Lipinski definition) is 6. The molecule has 1 atom stereocenters. The van der Waals surface area contributed by atoms with E-state index in [4.69, 9.17) is 21.1 Å². The fourth-order valence-corrected chi connectivity index (χ4v) is 3.93. The fraction of sp³-hybridized carbons (Fsp3) is 0.435. The Labute approximate surface area is 199 Å². The summed E-state index contributed by atoms with van der Waals surface area (Å²) in [5.74, 6) is -2.37. The smallest absolute Gasteiger partial charge is 0.439 e. The summed E-state index contributed by atoms with van der Waals surface area (Å²) >= 11 is 6.03. The van der Waals surface area contributed by atoms with Crippen LogP contribution in [0.1, 0.15) is 35.3 Å². The van der Waals surface area contributed by atoms with Gasteiger partial charge in [-0.15, -0.1) is 0 Å². The normalized spacial score (nSPS) is 19.4. The van der Waals surface area contributed by atoms with Gasteiger partial charge in [-0.2, -0.15) is 13.2 Å². The highest BCUT2D eigenvalue weighted by molar-refractivity contribution is 6.31. The maximum atomic E-state index is 13.3. The van der Waals surface area contributed by atoms with Gasteiger partial charge in [0.15, 0.2) is 6.23 Å². The number of esters is 1. The van der Waals surface area contributed by atoms with Crippen molar-refractivity contribution >= 4 is 23.5 Å². The van der Waals surface area contributed by atoms with Gasteiger partial charge in [0.2, 0.25) is 5.88 Å². The van der Waals surface area contributed by atoms with Crippen molar-refractivity contribution in [3.63, 3.8) is 0 Å². The summed E-state index contributed by atoms with van der Waals surface area (Å²) in [4.78, 5) is 32.2. The lowest BCUT2D eigenvalue weighted by Crippen LogP contribution is -2.49. The Hall–Kier alpha value is -2.85. The van der Waals surface area contributed by atoms with Crippen molar-refractivity contribution in [3.8, 4) is 11.6 Å². The molecule has 4 rings (SSSR count). The average molecular weight is 498 g/mol. The molecule has 2 fully saturated rings. The number of benzene rings is 1.